The van der Waals surface area contributed by atoms with Crippen molar-refractivity contribution < 1.29 is 13.0 Å². The number of fused-ring (bicyclic) bond motifs is 3. The van der Waals surface area contributed by atoms with Crippen LogP contribution in [0, 0.1) is 0 Å². The molecule has 0 radical (unpaired) electrons. The van der Waals surface area contributed by atoms with Gasteiger partial charge in [0, 0.05) is 29.8 Å². The number of primary amides is 1. The van der Waals surface area contributed by atoms with E-state index >= 15 is 0 Å². The number of hydrogen-bond donors (Lipinski definition) is 2. The van der Waals surface area contributed by atoms with Gasteiger partial charge in [0.2, 0.25) is 5.91 Å². The summed E-state index contributed by atoms with van der Waals surface area (Å²) in [6.07, 6.45) is -8.47. The number of carbonyl (C=O) groups is 1. The second-order valence-electron chi connectivity index (χ2n) is 3.83. The number of rotatable bonds is 1. The molecule has 1 unspecified atom stereocenters. The molecule has 0 bridgehead atoms. The van der Waals surface area contributed by atoms with E-state index < -0.39 is 30.9 Å². The summed E-state index contributed by atoms with van der Waals surface area (Å²) in [6.45, 7) is 0. The van der Waals surface area contributed by atoms with Gasteiger partial charge in [-0.15, -0.1) is 0 Å². The normalized spacial score (nSPS) is 33.4. The monoisotopic (exact) mass is 254 g/mol. The topological polar surface area (TPSA) is 58.9 Å². The highest BCUT2D eigenvalue weighted by Crippen LogP contribution is 2.36. The van der Waals surface area contributed by atoms with Crippen molar-refractivity contribution in [1.29, 1.82) is 0 Å². The first-order chi connectivity index (χ1) is 10.4. The molecule has 3 nitrogen and oxygen atoms in total. The lowest BCUT2D eigenvalue weighted by atomic mass is 9.86. The van der Waals surface area contributed by atoms with Gasteiger partial charge in [0.1, 0.15) is 0 Å². The number of aromatic amines is 1. The number of carbonyl (C=O) groups excluding carboxylic acids is 1. The summed E-state index contributed by atoms with van der Waals surface area (Å²) in [4.78, 5) is 14.6. The van der Waals surface area contributed by atoms with E-state index in [-0.39, 0.29) is 11.3 Å². The maximum absolute atomic E-state index is 11.8. The Morgan fingerprint density at radius 1 is 1.59 bits per heavy atom. The van der Waals surface area contributed by atoms with Gasteiger partial charge in [-0.2, -0.15) is 0 Å². The van der Waals surface area contributed by atoms with Gasteiger partial charge in [0.15, 0.2) is 0 Å². The number of amides is 1. The Kier molecular flexibility index (Phi) is 1.31. The van der Waals surface area contributed by atoms with Gasteiger partial charge in [-0.3, -0.25) is 4.79 Å². The Morgan fingerprint density at radius 3 is 3.18 bits per heavy atom. The van der Waals surface area contributed by atoms with Crippen molar-refractivity contribution in [2.24, 2.45) is 5.73 Å². The van der Waals surface area contributed by atoms with Crippen molar-refractivity contribution in [1.82, 2.24) is 4.98 Å². The molecule has 0 aliphatic heterocycles. The Bertz CT molecular complexity index is 831. The van der Waals surface area contributed by atoms with Crippen LogP contribution in [-0.4, -0.2) is 10.9 Å². The molecular formula is C13H13ClN2O. The SMILES string of the molecule is [2H]C1([2H])c2c([nH]c3ccc(Cl)cc23)C(C(N)=O)C([2H])([2H])C1([2H])[2H]. The van der Waals surface area contributed by atoms with E-state index in [9.17, 15) is 4.79 Å². The molecule has 17 heavy (non-hydrogen) atoms. The van der Waals surface area contributed by atoms with E-state index in [4.69, 9.17) is 25.6 Å². The van der Waals surface area contributed by atoms with Crippen molar-refractivity contribution in [3.63, 3.8) is 0 Å². The standard InChI is InChI=1S/C13H13ClN2O/c14-7-4-5-11-10(6-7)8-2-1-3-9(13(15)17)12(8)16-11/h4-6,9,16H,1-3H2,(H2,15,17)/i1D2,2D2,3D2. The summed E-state index contributed by atoms with van der Waals surface area (Å²) < 4.78 is 48.5. The summed E-state index contributed by atoms with van der Waals surface area (Å²) >= 11 is 5.94. The van der Waals surface area contributed by atoms with Gasteiger partial charge in [-0.25, -0.2) is 0 Å². The molecule has 4 heteroatoms. The molecule has 3 N–H and O–H groups in total. The highest BCUT2D eigenvalue weighted by atomic mass is 35.5. The number of aromatic nitrogens is 1. The molecule has 1 amide bonds. The molecule has 1 atom stereocenters. The molecule has 1 aliphatic rings. The molecular weight excluding hydrogens is 236 g/mol. The molecule has 0 fully saturated rings. The number of hydrogen-bond acceptors (Lipinski definition) is 1. The average Bonchev–Trinajstić information content (AvgIpc) is 2.74. The van der Waals surface area contributed by atoms with Crippen molar-refractivity contribution >= 4 is 28.4 Å². The van der Waals surface area contributed by atoms with E-state index in [2.05, 4.69) is 4.98 Å². The summed E-state index contributed by atoms with van der Waals surface area (Å²) in [5, 5.41) is 0.628. The fraction of sp³-hybridized carbons (Fsp3) is 0.308. The minimum atomic E-state index is -2.97. The molecule has 0 saturated heterocycles. The molecule has 3 rings (SSSR count). The van der Waals surface area contributed by atoms with Crippen molar-refractivity contribution in [2.75, 3.05) is 0 Å². The van der Waals surface area contributed by atoms with E-state index in [0.29, 0.717) is 15.9 Å². The molecule has 0 saturated carbocycles. The van der Waals surface area contributed by atoms with Crippen molar-refractivity contribution in [3.8, 4) is 0 Å². The van der Waals surface area contributed by atoms with Gasteiger partial charge < -0.3 is 10.7 Å². The quantitative estimate of drug-likeness (QED) is 0.808. The van der Waals surface area contributed by atoms with Crippen LogP contribution in [0.25, 0.3) is 10.9 Å². The zero-order chi connectivity index (χ0) is 17.4. The molecule has 1 aromatic heterocycles. The highest BCUT2D eigenvalue weighted by molar-refractivity contribution is 6.31. The van der Waals surface area contributed by atoms with Crippen LogP contribution >= 0.6 is 11.6 Å². The third-order valence-electron chi connectivity index (χ3n) is 2.77. The predicted octanol–water partition coefficient (Wildman–Crippen LogP) is 2.73. The van der Waals surface area contributed by atoms with Gasteiger partial charge in [0.25, 0.3) is 0 Å². The van der Waals surface area contributed by atoms with Crippen LogP contribution in [0.1, 0.15) is 38.1 Å². The van der Waals surface area contributed by atoms with Gasteiger partial charge in [-0.05, 0) is 42.9 Å². The number of nitrogens with one attached hydrogen (secondary N) is 1. The van der Waals surface area contributed by atoms with Crippen LogP contribution in [0.2, 0.25) is 5.02 Å². The molecule has 1 aliphatic carbocycles. The lowest BCUT2D eigenvalue weighted by Gasteiger charge is -2.19. The van der Waals surface area contributed by atoms with Crippen LogP contribution in [0.15, 0.2) is 18.2 Å². The van der Waals surface area contributed by atoms with Crippen LogP contribution in [-0.2, 0) is 11.2 Å². The first-order valence-corrected chi connectivity index (χ1v) is 5.41. The Hall–Kier alpha value is -1.48. The highest BCUT2D eigenvalue weighted by Gasteiger charge is 2.27. The third kappa shape index (κ3) is 1.62. The van der Waals surface area contributed by atoms with Crippen molar-refractivity contribution in [2.45, 2.75) is 25.0 Å². The van der Waals surface area contributed by atoms with Crippen LogP contribution < -0.4 is 5.73 Å². The van der Waals surface area contributed by atoms with Crippen LogP contribution in [0.5, 0.6) is 0 Å². The number of nitrogens with two attached hydrogens (primary N) is 1. The second-order valence-corrected chi connectivity index (χ2v) is 4.27. The lowest BCUT2D eigenvalue weighted by molar-refractivity contribution is -0.119. The predicted molar refractivity (Wildman–Crippen MR) is 68.2 cm³/mol. The molecule has 1 aromatic carbocycles. The summed E-state index contributed by atoms with van der Waals surface area (Å²) in [7, 11) is 0. The van der Waals surface area contributed by atoms with E-state index in [1.165, 1.54) is 6.07 Å². The fourth-order valence-corrected chi connectivity index (χ4v) is 2.16. The van der Waals surface area contributed by atoms with Crippen LogP contribution in [0.4, 0.5) is 0 Å². The Balaban J connectivity index is 2.48. The van der Waals surface area contributed by atoms with Gasteiger partial charge in [0.05, 0.1) is 5.92 Å². The van der Waals surface area contributed by atoms with Gasteiger partial charge in [-0.1, -0.05) is 11.6 Å². The Morgan fingerprint density at radius 2 is 2.41 bits per heavy atom. The van der Waals surface area contributed by atoms with E-state index in [1.807, 2.05) is 0 Å². The molecule has 88 valence electrons. The summed E-state index contributed by atoms with van der Waals surface area (Å²) in [6, 6.07) is 4.58. The minimum absolute atomic E-state index is 0.0418. The fourth-order valence-electron chi connectivity index (χ4n) is 1.99. The minimum Gasteiger partial charge on any atom is -0.369 e. The summed E-state index contributed by atoms with van der Waals surface area (Å²) in [5.41, 5.74) is 5.58. The zero-order valence-corrected chi connectivity index (χ0v) is 9.43. The maximum atomic E-state index is 11.8. The van der Waals surface area contributed by atoms with E-state index in [0.717, 1.165) is 0 Å². The molecule has 2 aromatic rings. The number of benzene rings is 1. The summed E-state index contributed by atoms with van der Waals surface area (Å²) in [5.74, 6) is -2.70. The average molecular weight is 255 g/mol. The number of H-pyrrole nitrogens is 1. The number of halogens is 1. The Labute approximate surface area is 112 Å². The first-order valence-electron chi connectivity index (χ1n) is 8.04. The lowest BCUT2D eigenvalue weighted by Crippen LogP contribution is -2.24. The van der Waals surface area contributed by atoms with Crippen LogP contribution in [0.3, 0.4) is 0 Å². The maximum Gasteiger partial charge on any atom is 0.226 e. The largest absolute Gasteiger partial charge is 0.369 e. The number of aryl methyl sites for hydroxylation is 1. The molecule has 0 spiro atoms. The van der Waals surface area contributed by atoms with E-state index in [1.54, 1.807) is 12.1 Å². The first kappa shape index (κ1) is 5.91. The zero-order valence-electron chi connectivity index (χ0n) is 14.7. The third-order valence-corrected chi connectivity index (χ3v) is 3.00. The second kappa shape index (κ2) is 3.77. The smallest absolute Gasteiger partial charge is 0.226 e. The van der Waals surface area contributed by atoms with Crippen molar-refractivity contribution in [3.05, 3.63) is 34.5 Å². The molecule has 1 heterocycles. The van der Waals surface area contributed by atoms with Gasteiger partial charge >= 0.3 is 0 Å².